The van der Waals surface area contributed by atoms with Gasteiger partial charge in [0, 0.05) is 11.6 Å². The Morgan fingerprint density at radius 1 is 1.24 bits per heavy atom. The van der Waals surface area contributed by atoms with Crippen LogP contribution in [0.5, 0.6) is 0 Å². The molecule has 1 atom stereocenters. The summed E-state index contributed by atoms with van der Waals surface area (Å²) in [6.45, 7) is 9.04. The van der Waals surface area contributed by atoms with E-state index in [9.17, 15) is 4.39 Å². The zero-order valence-electron chi connectivity index (χ0n) is 12.9. The molecule has 0 aliphatic carbocycles. The van der Waals surface area contributed by atoms with Crippen molar-refractivity contribution in [2.45, 2.75) is 40.2 Å². The maximum atomic E-state index is 13.4. The van der Waals surface area contributed by atoms with Crippen LogP contribution in [0.1, 0.15) is 41.2 Å². The number of nitrogens with one attached hydrogen (secondary N) is 1. The molecule has 21 heavy (non-hydrogen) atoms. The van der Waals surface area contributed by atoms with E-state index in [1.807, 2.05) is 26.0 Å². The molecular weight excluding hydrogens is 333 g/mol. The number of likely N-dealkylation sites (N-methyl/N-ethyl adjacent to an activating group) is 1. The van der Waals surface area contributed by atoms with Gasteiger partial charge in [-0.25, -0.2) is 4.39 Å². The fourth-order valence-corrected chi connectivity index (χ4v) is 3.17. The smallest absolute Gasteiger partial charge is 0.137 e. The predicted octanol–water partition coefficient (Wildman–Crippen LogP) is 5.00. The van der Waals surface area contributed by atoms with Crippen molar-refractivity contribution in [3.63, 3.8) is 0 Å². The molecule has 1 aromatic heterocycles. The molecule has 0 amide bonds. The van der Waals surface area contributed by atoms with Gasteiger partial charge >= 0.3 is 0 Å². The highest BCUT2D eigenvalue weighted by atomic mass is 79.9. The Labute approximate surface area is 133 Å². The fraction of sp³-hybridized carbons (Fsp3) is 0.412. The summed E-state index contributed by atoms with van der Waals surface area (Å²) >= 11 is 3.25. The van der Waals surface area contributed by atoms with Crippen LogP contribution in [0.2, 0.25) is 0 Å². The summed E-state index contributed by atoms with van der Waals surface area (Å²) in [5, 5.41) is 3.51. The van der Waals surface area contributed by atoms with Gasteiger partial charge in [0.15, 0.2) is 0 Å². The molecular formula is C17H21BrFNO. The number of rotatable bonds is 5. The molecule has 0 saturated heterocycles. The van der Waals surface area contributed by atoms with Crippen molar-refractivity contribution >= 4 is 15.9 Å². The second kappa shape index (κ2) is 6.75. The van der Waals surface area contributed by atoms with E-state index in [0.717, 1.165) is 30.0 Å². The molecule has 2 nitrogen and oxygen atoms in total. The van der Waals surface area contributed by atoms with Crippen LogP contribution in [-0.4, -0.2) is 6.54 Å². The van der Waals surface area contributed by atoms with Gasteiger partial charge in [0.1, 0.15) is 17.3 Å². The van der Waals surface area contributed by atoms with Gasteiger partial charge in [-0.15, -0.1) is 0 Å². The number of benzene rings is 1. The van der Waals surface area contributed by atoms with E-state index < -0.39 is 0 Å². The van der Waals surface area contributed by atoms with Gasteiger partial charge in [-0.2, -0.15) is 0 Å². The lowest BCUT2D eigenvalue weighted by Gasteiger charge is -2.19. The van der Waals surface area contributed by atoms with Gasteiger partial charge in [-0.3, -0.25) is 0 Å². The first-order valence-electron chi connectivity index (χ1n) is 7.17. The Hall–Kier alpha value is -1.13. The van der Waals surface area contributed by atoms with Gasteiger partial charge in [-0.1, -0.05) is 13.0 Å². The topological polar surface area (TPSA) is 25.2 Å². The quantitative estimate of drug-likeness (QED) is 0.817. The Kier molecular flexibility index (Phi) is 5.22. The lowest BCUT2D eigenvalue weighted by molar-refractivity contribution is 0.484. The van der Waals surface area contributed by atoms with Crippen molar-refractivity contribution in [1.29, 1.82) is 0 Å². The maximum absolute atomic E-state index is 13.4. The summed E-state index contributed by atoms with van der Waals surface area (Å²) < 4.78 is 19.6. The zero-order valence-corrected chi connectivity index (χ0v) is 14.5. The average Bonchev–Trinajstić information content (AvgIpc) is 2.67. The van der Waals surface area contributed by atoms with E-state index >= 15 is 0 Å². The third-order valence-electron chi connectivity index (χ3n) is 3.84. The average molecular weight is 354 g/mol. The molecule has 0 aliphatic rings. The van der Waals surface area contributed by atoms with Gasteiger partial charge < -0.3 is 9.73 Å². The summed E-state index contributed by atoms with van der Waals surface area (Å²) in [6, 6.07) is 5.35. The van der Waals surface area contributed by atoms with Gasteiger partial charge in [-0.05, 0) is 72.9 Å². The summed E-state index contributed by atoms with van der Waals surface area (Å²) in [7, 11) is 0. The van der Waals surface area contributed by atoms with Crippen molar-refractivity contribution in [2.24, 2.45) is 0 Å². The summed E-state index contributed by atoms with van der Waals surface area (Å²) in [4.78, 5) is 0. The first-order chi connectivity index (χ1) is 9.93. The van der Waals surface area contributed by atoms with E-state index in [4.69, 9.17) is 4.42 Å². The maximum Gasteiger partial charge on any atom is 0.137 e. The van der Waals surface area contributed by atoms with E-state index in [1.165, 1.54) is 17.2 Å². The van der Waals surface area contributed by atoms with Crippen LogP contribution in [0.25, 0.3) is 0 Å². The molecule has 1 heterocycles. The molecule has 2 aromatic rings. The minimum absolute atomic E-state index is 0.171. The number of hydrogen-bond donors (Lipinski definition) is 1. The minimum Gasteiger partial charge on any atom is -0.466 e. The molecule has 0 radical (unpaired) electrons. The second-order valence-electron chi connectivity index (χ2n) is 5.32. The van der Waals surface area contributed by atoms with E-state index in [2.05, 4.69) is 35.1 Å². The predicted molar refractivity (Wildman–Crippen MR) is 87.1 cm³/mol. The van der Waals surface area contributed by atoms with E-state index in [0.29, 0.717) is 4.47 Å². The fourth-order valence-electron chi connectivity index (χ4n) is 2.75. The van der Waals surface area contributed by atoms with Crippen LogP contribution in [0.4, 0.5) is 4.39 Å². The van der Waals surface area contributed by atoms with Crippen molar-refractivity contribution < 1.29 is 8.81 Å². The Bertz CT molecular complexity index is 636. The largest absolute Gasteiger partial charge is 0.466 e. The number of aryl methyl sites for hydroxylation is 2. The molecule has 1 aromatic carbocycles. The van der Waals surface area contributed by atoms with Crippen LogP contribution < -0.4 is 5.32 Å². The Morgan fingerprint density at radius 2 is 1.95 bits per heavy atom. The highest BCUT2D eigenvalue weighted by molar-refractivity contribution is 9.10. The van der Waals surface area contributed by atoms with Crippen molar-refractivity contribution in [2.75, 3.05) is 6.54 Å². The van der Waals surface area contributed by atoms with Crippen molar-refractivity contribution in [1.82, 2.24) is 5.32 Å². The molecule has 1 unspecified atom stereocenters. The molecule has 0 aliphatic heterocycles. The first kappa shape index (κ1) is 16.2. The van der Waals surface area contributed by atoms with E-state index in [1.54, 1.807) is 0 Å². The van der Waals surface area contributed by atoms with Gasteiger partial charge in [0.05, 0.1) is 4.47 Å². The van der Waals surface area contributed by atoms with Crippen LogP contribution in [0.3, 0.4) is 0 Å². The molecule has 0 saturated carbocycles. The van der Waals surface area contributed by atoms with Gasteiger partial charge in [0.25, 0.3) is 0 Å². The highest BCUT2D eigenvalue weighted by Crippen LogP contribution is 2.30. The highest BCUT2D eigenvalue weighted by Gasteiger charge is 2.21. The molecule has 0 spiro atoms. The van der Waals surface area contributed by atoms with E-state index in [-0.39, 0.29) is 11.9 Å². The summed E-state index contributed by atoms with van der Waals surface area (Å²) in [5.74, 6) is 1.69. The van der Waals surface area contributed by atoms with Crippen molar-refractivity contribution in [3.05, 3.63) is 56.7 Å². The lowest BCUT2D eigenvalue weighted by atomic mass is 9.95. The number of furan rings is 1. The first-order valence-corrected chi connectivity index (χ1v) is 7.97. The SMILES string of the molecule is CCNC(Cc1ccc(F)c(Br)c1)c1c(C)oc(C)c1C. The summed E-state index contributed by atoms with van der Waals surface area (Å²) in [5.41, 5.74) is 3.50. The van der Waals surface area contributed by atoms with Crippen LogP contribution in [0, 0.1) is 26.6 Å². The minimum atomic E-state index is -0.231. The summed E-state index contributed by atoms with van der Waals surface area (Å²) in [6.07, 6.45) is 0.799. The molecule has 0 bridgehead atoms. The third-order valence-corrected chi connectivity index (χ3v) is 4.45. The number of hydrogen-bond acceptors (Lipinski definition) is 2. The van der Waals surface area contributed by atoms with Crippen molar-refractivity contribution in [3.8, 4) is 0 Å². The number of halogens is 2. The monoisotopic (exact) mass is 353 g/mol. The second-order valence-corrected chi connectivity index (χ2v) is 6.17. The normalized spacial score (nSPS) is 12.7. The van der Waals surface area contributed by atoms with Crippen LogP contribution in [-0.2, 0) is 6.42 Å². The molecule has 114 valence electrons. The zero-order chi connectivity index (χ0) is 15.6. The van der Waals surface area contributed by atoms with Crippen LogP contribution >= 0.6 is 15.9 Å². The third kappa shape index (κ3) is 3.55. The molecule has 0 fully saturated rings. The molecule has 2 rings (SSSR count). The standard InChI is InChI=1S/C17H21BrFNO/c1-5-20-16(17-10(2)11(3)21-12(17)4)9-13-6-7-15(19)14(18)8-13/h6-8,16,20H,5,9H2,1-4H3. The molecule has 4 heteroatoms. The Morgan fingerprint density at radius 3 is 2.48 bits per heavy atom. The van der Waals surface area contributed by atoms with Crippen LogP contribution in [0.15, 0.2) is 27.1 Å². The Balaban J connectivity index is 2.32. The molecule has 1 N–H and O–H groups in total. The lowest BCUT2D eigenvalue weighted by Crippen LogP contribution is -2.24. The van der Waals surface area contributed by atoms with Gasteiger partial charge in [0.2, 0.25) is 0 Å².